The highest BCUT2D eigenvalue weighted by Crippen LogP contribution is 2.14. The number of rotatable bonds is 10. The quantitative estimate of drug-likeness (QED) is 0.391. The molecule has 160 valence electrons. The number of quaternary nitrogens is 2. The van der Waals surface area contributed by atoms with E-state index in [0.29, 0.717) is 0 Å². The summed E-state index contributed by atoms with van der Waals surface area (Å²) >= 11 is 0. The summed E-state index contributed by atoms with van der Waals surface area (Å²) in [5.74, 6) is 0.113. The van der Waals surface area contributed by atoms with Crippen molar-refractivity contribution in [3.63, 3.8) is 0 Å². The Balaban J connectivity index is 0. The van der Waals surface area contributed by atoms with E-state index in [1.165, 1.54) is 0 Å². The molecule has 0 radical (unpaired) electrons. The third-order valence-electron chi connectivity index (χ3n) is 4.39. The van der Waals surface area contributed by atoms with Crippen LogP contribution in [0, 0.1) is 0 Å². The molecule has 0 aliphatic carbocycles. The van der Waals surface area contributed by atoms with Gasteiger partial charge in [0.05, 0.1) is 38.0 Å². The molecule has 0 bridgehead atoms. The van der Waals surface area contributed by atoms with Gasteiger partial charge < -0.3 is 35.4 Å². The van der Waals surface area contributed by atoms with Gasteiger partial charge in [0, 0.05) is 0 Å². The zero-order valence-corrected chi connectivity index (χ0v) is 18.3. The second-order valence-electron chi connectivity index (χ2n) is 6.39. The monoisotopic (exact) mass is 434 g/mol. The second kappa shape index (κ2) is 19.1. The van der Waals surface area contributed by atoms with Crippen molar-refractivity contribution in [1.29, 1.82) is 0 Å². The Morgan fingerprint density at radius 1 is 0.643 bits per heavy atom. The molecule has 2 nitrogen and oxygen atoms in total. The summed E-state index contributed by atoms with van der Waals surface area (Å²) in [6.07, 6.45) is 0. The summed E-state index contributed by atoms with van der Waals surface area (Å²) in [5, 5.41) is 4.27. The Morgan fingerprint density at radius 2 is 0.964 bits per heavy atom. The Hall–Kier alpha value is -1.20. The molecule has 28 heavy (non-hydrogen) atoms. The highest BCUT2D eigenvalue weighted by Gasteiger charge is 2.12. The van der Waals surface area contributed by atoms with Crippen molar-refractivity contribution in [3.05, 3.63) is 71.8 Å². The van der Waals surface area contributed by atoms with Gasteiger partial charge in [-0.1, -0.05) is 60.7 Å². The molecular weight excluding hydrogens is 401 g/mol. The topological polar surface area (TPSA) is 33.2 Å². The van der Waals surface area contributed by atoms with E-state index in [4.69, 9.17) is 0 Å². The Morgan fingerprint density at radius 3 is 1.21 bits per heavy atom. The maximum absolute atomic E-state index is 12.6. The molecule has 0 fully saturated rings. The molecule has 0 amide bonds. The second-order valence-corrected chi connectivity index (χ2v) is 6.39. The van der Waals surface area contributed by atoms with Crippen molar-refractivity contribution in [2.45, 2.75) is 25.7 Å². The predicted molar refractivity (Wildman–Crippen MR) is 105 cm³/mol. The summed E-state index contributed by atoms with van der Waals surface area (Å²) in [7, 11) is 0. The molecule has 0 saturated carbocycles. The molecule has 2 aromatic carbocycles. The fourth-order valence-corrected chi connectivity index (χ4v) is 2.76. The Bertz CT molecular complexity index is 507. The lowest BCUT2D eigenvalue weighted by Crippen LogP contribution is -3.00. The van der Waals surface area contributed by atoms with Crippen LogP contribution in [0.4, 0.5) is 8.78 Å². The van der Waals surface area contributed by atoms with Gasteiger partial charge in [0.1, 0.15) is 13.3 Å². The van der Waals surface area contributed by atoms with Crippen LogP contribution in [0.2, 0.25) is 0 Å². The molecule has 0 saturated heterocycles. The van der Waals surface area contributed by atoms with E-state index in [1.807, 2.05) is 60.7 Å². The average molecular weight is 435 g/mol. The first-order valence-electron chi connectivity index (χ1n) is 9.61. The van der Waals surface area contributed by atoms with E-state index in [0.717, 1.165) is 37.3 Å². The van der Waals surface area contributed by atoms with Crippen molar-refractivity contribution in [2.24, 2.45) is 0 Å². The van der Waals surface area contributed by atoms with Crippen molar-refractivity contribution < 1.29 is 44.2 Å². The van der Waals surface area contributed by atoms with Crippen LogP contribution in [0.1, 0.15) is 36.8 Å². The van der Waals surface area contributed by atoms with Crippen LogP contribution in [0.5, 0.6) is 0 Å². The smallest absolute Gasteiger partial charge is 0.102 e. The molecule has 0 aliphatic heterocycles. The first-order chi connectivity index (χ1) is 12.8. The maximum atomic E-state index is 12.6. The molecular formula is C22H34Cl2F2N2. The van der Waals surface area contributed by atoms with Gasteiger partial charge in [0.2, 0.25) is 0 Å². The average Bonchev–Trinajstić information content (AvgIpc) is 2.71. The molecule has 2 atom stereocenters. The van der Waals surface area contributed by atoms with E-state index in [1.54, 1.807) is 0 Å². The van der Waals surface area contributed by atoms with Crippen molar-refractivity contribution in [1.82, 2.24) is 0 Å². The lowest BCUT2D eigenvalue weighted by atomic mass is 10.0. The fourth-order valence-electron chi connectivity index (χ4n) is 2.76. The lowest BCUT2D eigenvalue weighted by molar-refractivity contribution is -0.654. The number of likely N-dealkylation sites (N-methyl/N-ethyl adjacent to an activating group) is 2. The highest BCUT2D eigenvalue weighted by molar-refractivity contribution is 5.20. The minimum Gasteiger partial charge on any atom is -1.00 e. The molecule has 0 heterocycles. The summed E-state index contributed by atoms with van der Waals surface area (Å²) in [4.78, 5) is 0. The van der Waals surface area contributed by atoms with Crippen molar-refractivity contribution >= 4 is 0 Å². The molecule has 2 rings (SSSR count). The number of hydrogen-bond acceptors (Lipinski definition) is 0. The first kappa shape index (κ1) is 29.0. The largest absolute Gasteiger partial charge is 1.00 e. The maximum Gasteiger partial charge on any atom is 0.102 e. The first-order valence-corrected chi connectivity index (χ1v) is 9.61. The van der Waals surface area contributed by atoms with Gasteiger partial charge in [-0.2, -0.15) is 0 Å². The van der Waals surface area contributed by atoms with Gasteiger partial charge in [-0.15, -0.1) is 0 Å². The SMILES string of the molecule is CC[NH2+]C[C@H](CF)c1ccccc1.CC[NH2+]C[C@H](CF)c1ccccc1.[Cl-].[Cl-]. The van der Waals surface area contributed by atoms with E-state index in [2.05, 4.69) is 24.5 Å². The fraction of sp³-hybridized carbons (Fsp3) is 0.455. The van der Waals surface area contributed by atoms with Gasteiger partial charge in [-0.3, -0.25) is 8.78 Å². The molecule has 0 spiro atoms. The minimum absolute atomic E-state index is 0. The summed E-state index contributed by atoms with van der Waals surface area (Å²) < 4.78 is 25.3. The molecule has 2 aromatic rings. The highest BCUT2D eigenvalue weighted by atomic mass is 35.5. The normalized spacial score (nSPS) is 11.9. The number of hydrogen-bond donors (Lipinski definition) is 2. The third-order valence-corrected chi connectivity index (χ3v) is 4.39. The molecule has 0 aliphatic rings. The lowest BCUT2D eigenvalue weighted by Gasteiger charge is -2.10. The molecule has 6 heteroatoms. The van der Waals surface area contributed by atoms with E-state index in [9.17, 15) is 8.78 Å². The van der Waals surface area contributed by atoms with Crippen LogP contribution in [0.3, 0.4) is 0 Å². The standard InChI is InChI=1S/2C11H16FN.2ClH/c2*1-2-13-9-11(8-12)10-6-4-3-5-7-10;;/h2*3-7,11,13H,2,8-9H2,1H3;2*1H/t2*11-;;/m00../s1. The molecule has 4 N–H and O–H groups in total. The van der Waals surface area contributed by atoms with E-state index >= 15 is 0 Å². The minimum atomic E-state index is -0.263. The molecule has 0 unspecified atom stereocenters. The predicted octanol–water partition coefficient (Wildman–Crippen LogP) is -3.35. The summed E-state index contributed by atoms with van der Waals surface area (Å²) in [6, 6.07) is 19.7. The number of benzene rings is 2. The summed E-state index contributed by atoms with van der Waals surface area (Å²) in [6.45, 7) is 7.36. The van der Waals surface area contributed by atoms with Crippen LogP contribution in [0.25, 0.3) is 0 Å². The zero-order valence-electron chi connectivity index (χ0n) is 16.8. The number of alkyl halides is 2. The van der Waals surface area contributed by atoms with Gasteiger partial charge in [-0.05, 0) is 25.0 Å². The van der Waals surface area contributed by atoms with Crippen LogP contribution in [-0.2, 0) is 0 Å². The van der Waals surface area contributed by atoms with Crippen LogP contribution < -0.4 is 35.4 Å². The van der Waals surface area contributed by atoms with Crippen LogP contribution in [-0.4, -0.2) is 39.5 Å². The number of halogens is 4. The Labute approximate surface area is 181 Å². The molecule has 0 aromatic heterocycles. The van der Waals surface area contributed by atoms with Crippen molar-refractivity contribution in [2.75, 3.05) is 39.5 Å². The third kappa shape index (κ3) is 11.6. The zero-order chi connectivity index (χ0) is 19.0. The van der Waals surface area contributed by atoms with Crippen molar-refractivity contribution in [3.8, 4) is 0 Å². The van der Waals surface area contributed by atoms with Gasteiger partial charge in [0.15, 0.2) is 0 Å². The number of nitrogens with two attached hydrogens (primary N) is 2. The summed E-state index contributed by atoms with van der Waals surface area (Å²) in [5.41, 5.74) is 2.21. The van der Waals surface area contributed by atoms with Gasteiger partial charge >= 0.3 is 0 Å². The van der Waals surface area contributed by atoms with Gasteiger partial charge in [0.25, 0.3) is 0 Å². The van der Waals surface area contributed by atoms with Crippen LogP contribution >= 0.6 is 0 Å². The van der Waals surface area contributed by atoms with E-state index in [-0.39, 0.29) is 50.0 Å². The Kier molecular flexibility index (Phi) is 19.8. The van der Waals surface area contributed by atoms with Gasteiger partial charge in [-0.25, -0.2) is 0 Å². The van der Waals surface area contributed by atoms with Crippen LogP contribution in [0.15, 0.2) is 60.7 Å². The van der Waals surface area contributed by atoms with E-state index < -0.39 is 0 Å².